The molecule has 0 spiro atoms. The number of rotatable bonds is 9. The van der Waals surface area contributed by atoms with Gasteiger partial charge < -0.3 is 10.6 Å². The first-order valence-electron chi connectivity index (χ1n) is 10.0. The highest BCUT2D eigenvalue weighted by atomic mass is 32.3. The van der Waals surface area contributed by atoms with Crippen molar-refractivity contribution in [2.24, 2.45) is 0 Å². The molecule has 0 atom stereocenters. The highest BCUT2D eigenvalue weighted by Crippen LogP contribution is 2.31. The second-order valence-corrected chi connectivity index (χ2v) is 8.67. The first-order chi connectivity index (χ1) is 15.5. The summed E-state index contributed by atoms with van der Waals surface area (Å²) in [7, 11) is -4.55. The van der Waals surface area contributed by atoms with Crippen LogP contribution >= 0.6 is 0 Å². The van der Waals surface area contributed by atoms with Gasteiger partial charge in [0.1, 0.15) is 0 Å². The molecule has 0 bridgehead atoms. The van der Waals surface area contributed by atoms with E-state index in [-0.39, 0.29) is 6.54 Å². The van der Waals surface area contributed by atoms with Gasteiger partial charge in [0, 0.05) is 47.8 Å². The average Bonchev–Trinajstić information content (AvgIpc) is 3.23. The van der Waals surface area contributed by atoms with Crippen LogP contribution in [0.3, 0.4) is 0 Å². The quantitative estimate of drug-likeness (QED) is 0.366. The molecule has 2 heterocycles. The van der Waals surface area contributed by atoms with E-state index < -0.39 is 16.0 Å². The minimum atomic E-state index is -4.55. The van der Waals surface area contributed by atoms with Crippen LogP contribution in [-0.2, 0) is 16.8 Å². The Morgan fingerprint density at radius 3 is 2.56 bits per heavy atom. The van der Waals surface area contributed by atoms with Gasteiger partial charge in [-0.15, -0.1) is 3.89 Å². The first-order valence-corrected chi connectivity index (χ1v) is 11.6. The van der Waals surface area contributed by atoms with Crippen molar-refractivity contribution in [2.75, 3.05) is 22.9 Å². The predicted molar refractivity (Wildman–Crippen MR) is 124 cm³/mol. The average molecular weight is 452 g/mol. The number of nitrogens with one attached hydrogen (secondary N) is 2. The van der Waals surface area contributed by atoms with Crippen LogP contribution in [0.5, 0.6) is 0 Å². The summed E-state index contributed by atoms with van der Waals surface area (Å²) in [6.07, 6.45) is 5.38. The number of benzene rings is 2. The molecule has 2 aromatic carbocycles. The highest BCUT2D eigenvalue weighted by Gasteiger charge is 2.12. The molecule has 0 radical (unpaired) electrons. The normalized spacial score (nSPS) is 11.3. The van der Waals surface area contributed by atoms with Crippen molar-refractivity contribution in [3.63, 3.8) is 0 Å². The molecule has 0 aliphatic carbocycles. The summed E-state index contributed by atoms with van der Waals surface area (Å²) in [5.74, 6) is -0.605. The topological polar surface area (TPSA) is 88.9 Å². The Morgan fingerprint density at radius 2 is 1.81 bits per heavy atom. The van der Waals surface area contributed by atoms with Crippen LogP contribution in [0.2, 0.25) is 0 Å². The van der Waals surface area contributed by atoms with E-state index in [1.54, 1.807) is 17.1 Å². The molecular formula is C23H22FN5O2S. The molecule has 0 unspecified atom stereocenters. The Bertz CT molecular complexity index is 1280. The summed E-state index contributed by atoms with van der Waals surface area (Å²) in [6, 6.07) is 21.1. The number of halogens is 1. The molecule has 2 N–H and O–H groups in total. The number of aromatic nitrogens is 3. The first kappa shape index (κ1) is 21.5. The van der Waals surface area contributed by atoms with Crippen LogP contribution in [0.1, 0.15) is 5.56 Å². The molecule has 4 rings (SSSR count). The number of para-hydroxylation sites is 1. The van der Waals surface area contributed by atoms with Crippen LogP contribution in [0.25, 0.3) is 11.3 Å². The Kier molecular flexibility index (Phi) is 6.46. The van der Waals surface area contributed by atoms with Crippen molar-refractivity contribution in [1.29, 1.82) is 0 Å². The molecule has 0 amide bonds. The van der Waals surface area contributed by atoms with E-state index >= 15 is 0 Å². The Balaban J connectivity index is 1.61. The van der Waals surface area contributed by atoms with Gasteiger partial charge >= 0.3 is 10.2 Å². The van der Waals surface area contributed by atoms with Gasteiger partial charge in [0.15, 0.2) is 0 Å². The third kappa shape index (κ3) is 5.92. The van der Waals surface area contributed by atoms with E-state index in [2.05, 4.69) is 20.7 Å². The molecule has 7 nitrogen and oxygen atoms in total. The molecule has 164 valence electrons. The van der Waals surface area contributed by atoms with Gasteiger partial charge in [-0.05, 0) is 48.0 Å². The maximum absolute atomic E-state index is 12.9. The third-order valence-electron chi connectivity index (χ3n) is 4.73. The summed E-state index contributed by atoms with van der Waals surface area (Å²) >= 11 is 0. The van der Waals surface area contributed by atoms with Gasteiger partial charge in [-0.3, -0.25) is 9.67 Å². The van der Waals surface area contributed by atoms with Crippen LogP contribution in [0.4, 0.5) is 20.9 Å². The molecule has 0 aliphatic rings. The smallest absolute Gasteiger partial charge is 0.304 e. The number of nitrogens with zero attached hydrogens (tertiary/aromatic N) is 3. The minimum Gasteiger partial charge on any atom is -0.383 e. The summed E-state index contributed by atoms with van der Waals surface area (Å²) in [6.45, 7) is 0.520. The van der Waals surface area contributed by atoms with E-state index in [1.165, 1.54) is 0 Å². The third-order valence-corrected chi connectivity index (χ3v) is 5.42. The molecule has 2 aromatic heterocycles. The molecule has 0 fully saturated rings. The fraction of sp³-hybridized carbons (Fsp3) is 0.130. The predicted octanol–water partition coefficient (Wildman–Crippen LogP) is 4.45. The lowest BCUT2D eigenvalue weighted by Gasteiger charge is -2.13. The maximum atomic E-state index is 12.9. The van der Waals surface area contributed by atoms with Crippen molar-refractivity contribution >= 4 is 27.3 Å². The molecule has 0 saturated heterocycles. The minimum absolute atomic E-state index is 0.0479. The molecule has 0 saturated carbocycles. The fourth-order valence-corrected chi connectivity index (χ4v) is 3.60. The molecule has 4 aromatic rings. The van der Waals surface area contributed by atoms with Crippen molar-refractivity contribution < 1.29 is 12.3 Å². The van der Waals surface area contributed by atoms with E-state index in [0.29, 0.717) is 17.9 Å². The van der Waals surface area contributed by atoms with Crippen LogP contribution in [0, 0.1) is 0 Å². The van der Waals surface area contributed by atoms with Crippen LogP contribution < -0.4 is 10.6 Å². The number of pyridine rings is 1. The summed E-state index contributed by atoms with van der Waals surface area (Å²) in [5, 5.41) is 11.0. The van der Waals surface area contributed by atoms with E-state index in [4.69, 9.17) is 0 Å². The zero-order valence-corrected chi connectivity index (χ0v) is 18.0. The van der Waals surface area contributed by atoms with E-state index in [9.17, 15) is 12.3 Å². The Hall–Kier alpha value is -3.72. The Morgan fingerprint density at radius 1 is 0.969 bits per heavy atom. The summed E-state index contributed by atoms with van der Waals surface area (Å²) < 4.78 is 36.5. The van der Waals surface area contributed by atoms with E-state index in [0.717, 1.165) is 22.5 Å². The second-order valence-electron chi connectivity index (χ2n) is 7.18. The molecule has 9 heteroatoms. The van der Waals surface area contributed by atoms with Gasteiger partial charge in [0.25, 0.3) is 0 Å². The van der Waals surface area contributed by atoms with Crippen molar-refractivity contribution in [2.45, 2.75) is 6.54 Å². The van der Waals surface area contributed by atoms with E-state index in [1.807, 2.05) is 72.9 Å². The molecule has 32 heavy (non-hydrogen) atoms. The van der Waals surface area contributed by atoms with Crippen molar-refractivity contribution in [3.05, 3.63) is 90.9 Å². The SMILES string of the molecule is O=S(=O)(F)CCNc1ccc(Nc2ccccc2)cc1-c1ccn(Cc2cccnc2)n1. The number of hydrogen-bond acceptors (Lipinski definition) is 6. The van der Waals surface area contributed by atoms with Crippen molar-refractivity contribution in [1.82, 2.24) is 14.8 Å². The van der Waals surface area contributed by atoms with Gasteiger partial charge in [-0.25, -0.2) is 0 Å². The van der Waals surface area contributed by atoms with Crippen molar-refractivity contribution in [3.8, 4) is 11.3 Å². The fourth-order valence-electron chi connectivity index (χ4n) is 3.26. The van der Waals surface area contributed by atoms with Crippen LogP contribution in [0.15, 0.2) is 85.3 Å². The Labute approximate surface area is 186 Å². The molecule has 0 aliphatic heterocycles. The second kappa shape index (κ2) is 9.61. The summed E-state index contributed by atoms with van der Waals surface area (Å²) in [5.41, 5.74) is 4.94. The molecular weight excluding hydrogens is 429 g/mol. The van der Waals surface area contributed by atoms with Gasteiger partial charge in [0.05, 0.1) is 18.0 Å². The monoisotopic (exact) mass is 451 g/mol. The standard InChI is InChI=1S/C23H22FN5O2S/c24-32(30,31)14-12-26-22-9-8-20(27-19-6-2-1-3-7-19)15-21(22)23-10-13-29(28-23)17-18-5-4-11-25-16-18/h1-11,13,15-16,26-27H,12,14,17H2. The van der Waals surface area contributed by atoms with Crippen LogP contribution in [-0.4, -0.2) is 35.5 Å². The largest absolute Gasteiger partial charge is 0.383 e. The lowest BCUT2D eigenvalue weighted by Crippen LogP contribution is -2.12. The summed E-state index contributed by atoms with van der Waals surface area (Å²) in [4.78, 5) is 4.13. The van der Waals surface area contributed by atoms with Gasteiger partial charge in [-0.2, -0.15) is 13.5 Å². The van der Waals surface area contributed by atoms with Gasteiger partial charge in [-0.1, -0.05) is 24.3 Å². The number of hydrogen-bond donors (Lipinski definition) is 2. The number of anilines is 3. The highest BCUT2D eigenvalue weighted by molar-refractivity contribution is 7.86. The zero-order chi connectivity index (χ0) is 22.4. The lowest BCUT2D eigenvalue weighted by atomic mass is 10.1. The maximum Gasteiger partial charge on any atom is 0.304 e. The van der Waals surface area contributed by atoms with Gasteiger partial charge in [0.2, 0.25) is 0 Å². The zero-order valence-electron chi connectivity index (χ0n) is 17.1. The lowest BCUT2D eigenvalue weighted by molar-refractivity contribution is 0.552.